The highest BCUT2D eigenvalue weighted by Gasteiger charge is 2.19. The molecule has 0 bridgehead atoms. The Hall–Kier alpha value is -3.26. The van der Waals surface area contributed by atoms with Crippen molar-refractivity contribution in [2.24, 2.45) is 0 Å². The van der Waals surface area contributed by atoms with E-state index < -0.39 is 5.97 Å². The first-order chi connectivity index (χ1) is 13.8. The third kappa shape index (κ3) is 3.47. The molecular formula is C21H17FN2O4S. The fourth-order valence-electron chi connectivity index (χ4n) is 3.21. The lowest BCUT2D eigenvalue weighted by Gasteiger charge is -2.12. The molecule has 4 rings (SSSR count). The van der Waals surface area contributed by atoms with E-state index in [2.05, 4.69) is 4.98 Å². The van der Waals surface area contributed by atoms with Gasteiger partial charge in [0.1, 0.15) is 22.2 Å². The lowest BCUT2D eigenvalue weighted by atomic mass is 10.1. The van der Waals surface area contributed by atoms with Gasteiger partial charge in [-0.1, -0.05) is 18.2 Å². The summed E-state index contributed by atoms with van der Waals surface area (Å²) >= 11 is 1.43. The minimum Gasteiger partial charge on any atom is -0.475 e. The monoisotopic (exact) mass is 412 g/mol. The Labute approximate surface area is 168 Å². The molecule has 1 N–H and O–H groups in total. The van der Waals surface area contributed by atoms with Gasteiger partial charge in [-0.05, 0) is 43.2 Å². The number of nitrogens with zero attached hydrogens (tertiary/aromatic N) is 2. The van der Waals surface area contributed by atoms with Gasteiger partial charge in [-0.2, -0.15) is 0 Å². The number of carboxylic acids is 1. The topological polar surface area (TPSA) is 85.3 Å². The molecule has 1 aromatic carbocycles. The highest BCUT2D eigenvalue weighted by molar-refractivity contribution is 7.18. The van der Waals surface area contributed by atoms with Gasteiger partial charge in [-0.25, -0.2) is 14.2 Å². The molecule has 3 heterocycles. The number of carbonyl (C=O) groups is 1. The minimum absolute atomic E-state index is 0.00712. The van der Waals surface area contributed by atoms with E-state index in [1.54, 1.807) is 18.2 Å². The van der Waals surface area contributed by atoms with E-state index in [0.717, 1.165) is 10.4 Å². The van der Waals surface area contributed by atoms with Crippen LogP contribution in [0.1, 0.15) is 38.1 Å². The van der Waals surface area contributed by atoms with Gasteiger partial charge in [-0.15, -0.1) is 11.3 Å². The molecule has 0 saturated heterocycles. The molecule has 0 spiro atoms. The van der Waals surface area contributed by atoms with E-state index >= 15 is 0 Å². The van der Waals surface area contributed by atoms with Crippen LogP contribution in [0.15, 0.2) is 45.6 Å². The summed E-state index contributed by atoms with van der Waals surface area (Å²) in [6, 6.07) is 9.19. The molecule has 0 aliphatic carbocycles. The van der Waals surface area contributed by atoms with E-state index in [1.807, 2.05) is 13.8 Å². The summed E-state index contributed by atoms with van der Waals surface area (Å²) in [6.45, 7) is 3.80. The SMILES string of the molecule is Cc1sc2nc(Cc3ccccc3F)n(Cc3ccc(C(=O)O)o3)c(=O)c2c1C. The maximum absolute atomic E-state index is 14.2. The molecule has 4 aromatic rings. The molecule has 0 unspecified atom stereocenters. The quantitative estimate of drug-likeness (QED) is 0.532. The Morgan fingerprint density at radius 3 is 2.69 bits per heavy atom. The van der Waals surface area contributed by atoms with Crippen molar-refractivity contribution >= 4 is 27.5 Å². The van der Waals surface area contributed by atoms with Gasteiger partial charge in [0.25, 0.3) is 5.56 Å². The van der Waals surface area contributed by atoms with Crippen molar-refractivity contribution in [1.29, 1.82) is 0 Å². The smallest absolute Gasteiger partial charge is 0.371 e. The molecule has 6 nitrogen and oxygen atoms in total. The number of aryl methyl sites for hydroxylation is 2. The predicted molar refractivity (Wildman–Crippen MR) is 107 cm³/mol. The van der Waals surface area contributed by atoms with Crippen LogP contribution in [0, 0.1) is 19.7 Å². The van der Waals surface area contributed by atoms with Gasteiger partial charge >= 0.3 is 5.97 Å². The number of hydrogen-bond donors (Lipinski definition) is 1. The standard InChI is InChI=1S/C21H17FN2O4S/c1-11-12(2)29-19-18(11)20(25)24(10-14-7-8-16(28-14)21(26)27)17(23-19)9-13-5-3-4-6-15(13)22/h3-8H,9-10H2,1-2H3,(H,26,27). The van der Waals surface area contributed by atoms with Gasteiger partial charge in [0.15, 0.2) is 0 Å². The Kier molecular flexibility index (Phi) is 4.79. The largest absolute Gasteiger partial charge is 0.475 e. The second-order valence-corrected chi connectivity index (χ2v) is 7.93. The van der Waals surface area contributed by atoms with E-state index in [9.17, 15) is 14.0 Å². The van der Waals surface area contributed by atoms with Crippen molar-refractivity contribution in [3.8, 4) is 0 Å². The Bertz CT molecular complexity index is 1300. The fourth-order valence-corrected chi connectivity index (χ4v) is 4.25. The van der Waals surface area contributed by atoms with Crippen LogP contribution in [0.25, 0.3) is 10.2 Å². The van der Waals surface area contributed by atoms with Crippen LogP contribution in [0.2, 0.25) is 0 Å². The molecule has 0 fully saturated rings. The number of aromatic carboxylic acids is 1. The maximum Gasteiger partial charge on any atom is 0.371 e. The summed E-state index contributed by atoms with van der Waals surface area (Å²) in [5.74, 6) is -1.07. The normalized spacial score (nSPS) is 11.3. The summed E-state index contributed by atoms with van der Waals surface area (Å²) in [7, 11) is 0. The highest BCUT2D eigenvalue weighted by Crippen LogP contribution is 2.27. The van der Waals surface area contributed by atoms with Crippen LogP contribution in [-0.4, -0.2) is 20.6 Å². The zero-order valence-corrected chi connectivity index (χ0v) is 16.5. The number of fused-ring (bicyclic) bond motifs is 1. The summed E-state index contributed by atoms with van der Waals surface area (Å²) in [5.41, 5.74) is 1.03. The summed E-state index contributed by atoms with van der Waals surface area (Å²) in [5, 5.41) is 9.59. The van der Waals surface area contributed by atoms with Crippen LogP contribution in [0.3, 0.4) is 0 Å². The average Bonchev–Trinajstić information content (AvgIpc) is 3.25. The Morgan fingerprint density at radius 2 is 2.00 bits per heavy atom. The first-order valence-electron chi connectivity index (χ1n) is 8.90. The zero-order chi connectivity index (χ0) is 20.7. The summed E-state index contributed by atoms with van der Waals surface area (Å²) in [4.78, 5) is 30.6. The van der Waals surface area contributed by atoms with Gasteiger partial charge in [-0.3, -0.25) is 9.36 Å². The molecular weight excluding hydrogens is 395 g/mol. The molecule has 0 aliphatic rings. The number of carboxylic acid groups (broad SMARTS) is 1. The maximum atomic E-state index is 14.2. The summed E-state index contributed by atoms with van der Waals surface area (Å²) in [6.07, 6.45) is 0.125. The van der Waals surface area contributed by atoms with E-state index in [1.165, 1.54) is 34.1 Å². The van der Waals surface area contributed by atoms with Crippen molar-refractivity contribution < 1.29 is 18.7 Å². The van der Waals surface area contributed by atoms with Gasteiger partial charge in [0.2, 0.25) is 5.76 Å². The van der Waals surface area contributed by atoms with E-state index in [-0.39, 0.29) is 30.1 Å². The third-order valence-electron chi connectivity index (χ3n) is 4.86. The van der Waals surface area contributed by atoms with E-state index in [4.69, 9.17) is 9.52 Å². The van der Waals surface area contributed by atoms with Gasteiger partial charge in [0, 0.05) is 11.3 Å². The number of halogens is 1. The van der Waals surface area contributed by atoms with Crippen LogP contribution in [0.4, 0.5) is 4.39 Å². The molecule has 0 atom stereocenters. The number of thiophene rings is 1. The van der Waals surface area contributed by atoms with Crippen LogP contribution in [0.5, 0.6) is 0 Å². The first kappa shape index (κ1) is 19.1. The zero-order valence-electron chi connectivity index (χ0n) is 15.7. The molecule has 0 aliphatic heterocycles. The Balaban J connectivity index is 1.87. The molecule has 0 saturated carbocycles. The molecule has 3 aromatic heterocycles. The van der Waals surface area contributed by atoms with Crippen molar-refractivity contribution in [3.63, 3.8) is 0 Å². The molecule has 0 radical (unpaired) electrons. The fraction of sp³-hybridized carbons (Fsp3) is 0.190. The lowest BCUT2D eigenvalue weighted by molar-refractivity contribution is 0.0660. The Morgan fingerprint density at radius 1 is 1.24 bits per heavy atom. The van der Waals surface area contributed by atoms with Crippen LogP contribution in [-0.2, 0) is 13.0 Å². The second-order valence-electron chi connectivity index (χ2n) is 6.72. The predicted octanol–water partition coefficient (Wildman–Crippen LogP) is 4.14. The highest BCUT2D eigenvalue weighted by atomic mass is 32.1. The van der Waals surface area contributed by atoms with Crippen LogP contribution >= 0.6 is 11.3 Å². The average molecular weight is 412 g/mol. The van der Waals surface area contributed by atoms with E-state index in [0.29, 0.717) is 27.4 Å². The van der Waals surface area contributed by atoms with Crippen molar-refractivity contribution in [2.75, 3.05) is 0 Å². The van der Waals surface area contributed by atoms with Crippen molar-refractivity contribution in [3.05, 3.63) is 85.9 Å². The second kappa shape index (κ2) is 7.29. The molecule has 0 amide bonds. The van der Waals surface area contributed by atoms with Crippen molar-refractivity contribution in [2.45, 2.75) is 26.8 Å². The number of benzene rings is 1. The number of furan rings is 1. The number of aromatic nitrogens is 2. The lowest BCUT2D eigenvalue weighted by Crippen LogP contribution is -2.26. The summed E-state index contributed by atoms with van der Waals surface area (Å²) < 4.78 is 21.0. The third-order valence-corrected chi connectivity index (χ3v) is 5.96. The molecule has 8 heteroatoms. The number of rotatable bonds is 5. The van der Waals surface area contributed by atoms with Crippen LogP contribution < -0.4 is 5.56 Å². The van der Waals surface area contributed by atoms with Crippen molar-refractivity contribution in [1.82, 2.24) is 9.55 Å². The van der Waals surface area contributed by atoms with Gasteiger partial charge < -0.3 is 9.52 Å². The minimum atomic E-state index is -1.19. The first-order valence-corrected chi connectivity index (χ1v) is 9.71. The molecule has 148 valence electrons. The number of hydrogen-bond acceptors (Lipinski definition) is 5. The molecule has 29 heavy (non-hydrogen) atoms. The van der Waals surface area contributed by atoms with Gasteiger partial charge in [0.05, 0.1) is 11.9 Å².